The molecular formula is C14H26O2S. The third kappa shape index (κ3) is 3.62. The third-order valence-electron chi connectivity index (χ3n) is 3.54. The summed E-state index contributed by atoms with van der Waals surface area (Å²) in [7, 11) is 0. The van der Waals surface area contributed by atoms with Crippen LogP contribution in [0.1, 0.15) is 53.4 Å². The predicted octanol–water partition coefficient (Wildman–Crippen LogP) is 3.63. The SMILES string of the molecule is CC(C)OC1CCC2SC1CCC2OC(C)C. The van der Waals surface area contributed by atoms with Crippen molar-refractivity contribution in [1.29, 1.82) is 0 Å². The molecule has 2 aliphatic heterocycles. The lowest BCUT2D eigenvalue weighted by atomic mass is 9.94. The second-order valence-electron chi connectivity index (χ2n) is 5.81. The largest absolute Gasteiger partial charge is 0.374 e. The molecule has 100 valence electrons. The fraction of sp³-hybridized carbons (Fsp3) is 1.00. The molecule has 0 radical (unpaired) electrons. The first-order valence-electron chi connectivity index (χ1n) is 7.02. The van der Waals surface area contributed by atoms with Crippen LogP contribution >= 0.6 is 11.8 Å². The zero-order chi connectivity index (χ0) is 12.4. The van der Waals surface area contributed by atoms with E-state index < -0.39 is 0 Å². The molecule has 0 aromatic carbocycles. The maximum Gasteiger partial charge on any atom is 0.0697 e. The highest BCUT2D eigenvalue weighted by Crippen LogP contribution is 2.44. The van der Waals surface area contributed by atoms with Gasteiger partial charge in [-0.25, -0.2) is 0 Å². The van der Waals surface area contributed by atoms with Gasteiger partial charge in [-0.15, -0.1) is 11.8 Å². The monoisotopic (exact) mass is 258 g/mol. The minimum atomic E-state index is 0.363. The van der Waals surface area contributed by atoms with Crippen LogP contribution in [0, 0.1) is 0 Å². The summed E-state index contributed by atoms with van der Waals surface area (Å²) in [5, 5.41) is 1.42. The minimum Gasteiger partial charge on any atom is -0.374 e. The Morgan fingerprint density at radius 2 is 1.18 bits per heavy atom. The van der Waals surface area contributed by atoms with Gasteiger partial charge in [-0.3, -0.25) is 0 Å². The van der Waals surface area contributed by atoms with Gasteiger partial charge in [0.25, 0.3) is 0 Å². The maximum absolute atomic E-state index is 6.03. The smallest absolute Gasteiger partial charge is 0.0697 e. The number of rotatable bonds is 4. The van der Waals surface area contributed by atoms with Crippen LogP contribution in [0.5, 0.6) is 0 Å². The van der Waals surface area contributed by atoms with Crippen molar-refractivity contribution < 1.29 is 9.47 Å². The minimum absolute atomic E-state index is 0.363. The Morgan fingerprint density at radius 3 is 1.53 bits per heavy atom. The fourth-order valence-corrected chi connectivity index (χ4v) is 4.69. The van der Waals surface area contributed by atoms with Crippen molar-refractivity contribution in [3.63, 3.8) is 0 Å². The van der Waals surface area contributed by atoms with Gasteiger partial charge in [0.15, 0.2) is 0 Å². The van der Waals surface area contributed by atoms with Gasteiger partial charge in [0.1, 0.15) is 0 Å². The van der Waals surface area contributed by atoms with E-state index in [1.165, 1.54) is 25.7 Å². The van der Waals surface area contributed by atoms with E-state index in [0.29, 0.717) is 34.9 Å². The Hall–Kier alpha value is 0.270. The summed E-state index contributed by atoms with van der Waals surface area (Å²) in [5.41, 5.74) is 0. The van der Waals surface area contributed by atoms with E-state index in [9.17, 15) is 0 Å². The summed E-state index contributed by atoms with van der Waals surface area (Å²) in [6.45, 7) is 8.57. The van der Waals surface area contributed by atoms with Gasteiger partial charge in [-0.05, 0) is 53.4 Å². The molecule has 2 aliphatic rings. The van der Waals surface area contributed by atoms with Crippen LogP contribution in [-0.4, -0.2) is 34.9 Å². The van der Waals surface area contributed by atoms with E-state index in [0.717, 1.165) is 0 Å². The summed E-state index contributed by atoms with van der Waals surface area (Å²) in [6, 6.07) is 0. The van der Waals surface area contributed by atoms with Crippen molar-refractivity contribution in [2.24, 2.45) is 0 Å². The normalized spacial score (nSPS) is 37.8. The molecule has 0 spiro atoms. The molecule has 3 heteroatoms. The molecule has 0 aliphatic carbocycles. The Morgan fingerprint density at radius 1 is 0.765 bits per heavy atom. The van der Waals surface area contributed by atoms with Crippen LogP contribution in [-0.2, 0) is 9.47 Å². The number of fused-ring (bicyclic) bond motifs is 2. The maximum atomic E-state index is 6.03. The lowest BCUT2D eigenvalue weighted by Gasteiger charge is -2.44. The molecule has 2 heterocycles. The number of thioether (sulfide) groups is 1. The molecule has 4 unspecified atom stereocenters. The molecule has 0 amide bonds. The van der Waals surface area contributed by atoms with Crippen LogP contribution < -0.4 is 0 Å². The van der Waals surface area contributed by atoms with Crippen LogP contribution in [0.2, 0.25) is 0 Å². The van der Waals surface area contributed by atoms with Gasteiger partial charge in [0.05, 0.1) is 24.4 Å². The van der Waals surface area contributed by atoms with Crippen molar-refractivity contribution >= 4 is 11.8 Å². The highest BCUT2D eigenvalue weighted by molar-refractivity contribution is 8.00. The van der Waals surface area contributed by atoms with Gasteiger partial charge >= 0.3 is 0 Å². The van der Waals surface area contributed by atoms with Gasteiger partial charge in [0, 0.05) is 10.5 Å². The molecule has 2 fully saturated rings. The summed E-state index contributed by atoms with van der Waals surface area (Å²) in [6.07, 6.45) is 6.65. The Balaban J connectivity index is 1.87. The zero-order valence-electron chi connectivity index (χ0n) is 11.5. The average Bonchev–Trinajstić information content (AvgIpc) is 2.24. The molecule has 2 rings (SSSR count). The van der Waals surface area contributed by atoms with Crippen molar-refractivity contribution in [3.8, 4) is 0 Å². The average molecular weight is 258 g/mol. The van der Waals surface area contributed by atoms with Crippen LogP contribution in [0.3, 0.4) is 0 Å². The van der Waals surface area contributed by atoms with E-state index >= 15 is 0 Å². The molecule has 2 bridgehead atoms. The van der Waals surface area contributed by atoms with Crippen LogP contribution in [0.15, 0.2) is 0 Å². The third-order valence-corrected chi connectivity index (χ3v) is 5.32. The van der Waals surface area contributed by atoms with Crippen LogP contribution in [0.4, 0.5) is 0 Å². The van der Waals surface area contributed by atoms with Gasteiger partial charge in [-0.1, -0.05) is 0 Å². The predicted molar refractivity (Wildman–Crippen MR) is 73.7 cm³/mol. The molecule has 2 saturated heterocycles. The first-order valence-corrected chi connectivity index (χ1v) is 7.97. The van der Waals surface area contributed by atoms with Gasteiger partial charge < -0.3 is 9.47 Å². The zero-order valence-corrected chi connectivity index (χ0v) is 12.3. The lowest BCUT2D eigenvalue weighted by molar-refractivity contribution is -0.0366. The van der Waals surface area contributed by atoms with E-state index in [1.54, 1.807) is 0 Å². The van der Waals surface area contributed by atoms with E-state index in [1.807, 2.05) is 0 Å². The summed E-state index contributed by atoms with van der Waals surface area (Å²) in [4.78, 5) is 0. The second-order valence-corrected chi connectivity index (χ2v) is 7.30. The van der Waals surface area contributed by atoms with Crippen molar-refractivity contribution in [2.75, 3.05) is 0 Å². The molecule has 0 saturated carbocycles. The van der Waals surface area contributed by atoms with Crippen molar-refractivity contribution in [3.05, 3.63) is 0 Å². The van der Waals surface area contributed by atoms with E-state index in [4.69, 9.17) is 9.47 Å². The number of hydrogen-bond acceptors (Lipinski definition) is 3. The molecule has 17 heavy (non-hydrogen) atoms. The molecule has 0 N–H and O–H groups in total. The number of hydrogen-bond donors (Lipinski definition) is 0. The molecule has 0 aromatic rings. The first kappa shape index (κ1) is 13.7. The Bertz CT molecular complexity index is 218. The fourth-order valence-electron chi connectivity index (χ4n) is 2.95. The summed E-state index contributed by atoms with van der Waals surface area (Å²) in [5.74, 6) is 0. The second kappa shape index (κ2) is 5.94. The Labute approximate surface area is 110 Å². The molecule has 4 atom stereocenters. The molecular weight excluding hydrogens is 232 g/mol. The highest BCUT2D eigenvalue weighted by Gasteiger charge is 2.40. The first-order chi connectivity index (χ1) is 8.06. The highest BCUT2D eigenvalue weighted by atomic mass is 32.2. The Kier molecular flexibility index (Phi) is 4.79. The standard InChI is InChI=1S/C14H26O2S/c1-9(2)15-11-5-7-14-12(16-10(3)4)6-8-13(11)17-14/h9-14H,5-8H2,1-4H3. The van der Waals surface area contributed by atoms with Crippen LogP contribution in [0.25, 0.3) is 0 Å². The molecule has 2 nitrogen and oxygen atoms in total. The topological polar surface area (TPSA) is 18.5 Å². The number of ether oxygens (including phenoxy) is 2. The lowest BCUT2D eigenvalue weighted by Crippen LogP contribution is -2.45. The van der Waals surface area contributed by atoms with Crippen molar-refractivity contribution in [1.82, 2.24) is 0 Å². The molecule has 0 aromatic heterocycles. The van der Waals surface area contributed by atoms with Gasteiger partial charge in [-0.2, -0.15) is 0 Å². The van der Waals surface area contributed by atoms with E-state index in [2.05, 4.69) is 39.5 Å². The quantitative estimate of drug-likeness (QED) is 0.767. The van der Waals surface area contributed by atoms with E-state index in [-0.39, 0.29) is 0 Å². The summed E-state index contributed by atoms with van der Waals surface area (Å²) < 4.78 is 12.1. The van der Waals surface area contributed by atoms with Gasteiger partial charge in [0.2, 0.25) is 0 Å². The summed E-state index contributed by atoms with van der Waals surface area (Å²) >= 11 is 2.12. The van der Waals surface area contributed by atoms with Crippen molar-refractivity contribution in [2.45, 2.75) is 88.3 Å².